The van der Waals surface area contributed by atoms with E-state index in [9.17, 15) is 19.8 Å². The number of esters is 1. The summed E-state index contributed by atoms with van der Waals surface area (Å²) in [5, 5.41) is 23.2. The van der Waals surface area contributed by atoms with Gasteiger partial charge in [0.2, 0.25) is 5.91 Å². The second kappa shape index (κ2) is 64.3. The molecule has 6 nitrogen and oxygen atoms in total. The summed E-state index contributed by atoms with van der Waals surface area (Å²) < 4.78 is 5.50. The number of unbranched alkanes of at least 4 members (excludes halogenated alkanes) is 45. The van der Waals surface area contributed by atoms with E-state index >= 15 is 0 Å². The number of ether oxygens (including phenoxy) is 1. The van der Waals surface area contributed by atoms with Gasteiger partial charge in [0.1, 0.15) is 0 Å². The molecule has 0 heterocycles. The molecule has 75 heavy (non-hydrogen) atoms. The van der Waals surface area contributed by atoms with Gasteiger partial charge in [-0.15, -0.1) is 0 Å². The Bertz CT molecular complexity index is 1260. The fraction of sp³-hybridized carbons (Fsp3) is 0.855. The molecule has 3 N–H and O–H groups in total. The number of aliphatic hydroxyl groups is 2. The molecule has 0 aromatic rings. The molecule has 0 saturated carbocycles. The largest absolute Gasteiger partial charge is 0.466 e. The van der Waals surface area contributed by atoms with Gasteiger partial charge in [-0.3, -0.25) is 9.59 Å². The Morgan fingerprint density at radius 1 is 0.373 bits per heavy atom. The van der Waals surface area contributed by atoms with Crippen LogP contribution in [-0.2, 0) is 14.3 Å². The quantitative estimate of drug-likeness (QED) is 0.0320. The van der Waals surface area contributed by atoms with Crippen molar-refractivity contribution in [2.24, 2.45) is 0 Å². The van der Waals surface area contributed by atoms with E-state index in [0.29, 0.717) is 19.4 Å². The molecule has 6 heteroatoms. The average Bonchev–Trinajstić information content (AvgIpc) is 3.41. The molecule has 2 unspecified atom stereocenters. The molecule has 0 aliphatic heterocycles. The van der Waals surface area contributed by atoms with Crippen molar-refractivity contribution < 1.29 is 24.5 Å². The predicted octanol–water partition coefficient (Wildman–Crippen LogP) is 21.3. The van der Waals surface area contributed by atoms with Crippen LogP contribution in [0.1, 0.15) is 354 Å². The molecule has 0 aromatic carbocycles. The third-order valence-corrected chi connectivity index (χ3v) is 15.3. The minimum Gasteiger partial charge on any atom is -0.466 e. The fourth-order valence-corrected chi connectivity index (χ4v) is 10.2. The molecule has 0 bridgehead atoms. The summed E-state index contributed by atoms with van der Waals surface area (Å²) in [5.74, 6) is -0.0727. The van der Waals surface area contributed by atoms with Crippen LogP contribution in [0.25, 0.3) is 0 Å². The van der Waals surface area contributed by atoms with E-state index in [1.807, 2.05) is 6.08 Å². The second-order valence-electron chi connectivity index (χ2n) is 22.8. The van der Waals surface area contributed by atoms with Crippen LogP contribution in [0.5, 0.6) is 0 Å². The van der Waals surface area contributed by atoms with Crippen molar-refractivity contribution >= 4 is 11.9 Å². The molecule has 0 aliphatic rings. The number of carbonyl (C=O) groups excluding carboxylic acids is 2. The SMILES string of the molecule is CCCCC/C=C\C/C=C\CCCCCCCCCCCC(=O)OCCCCCCCCCCC/C=C\CCCCCCCCCC(=O)NC(CO)C(O)/C=C/CCCCCCCCCCCCCCCCCCC. The summed E-state index contributed by atoms with van der Waals surface area (Å²) in [5.41, 5.74) is 0. The maximum Gasteiger partial charge on any atom is 0.305 e. The molecular weight excluding hydrogens is 923 g/mol. The number of rotatable bonds is 62. The third kappa shape index (κ3) is 60.9. The lowest BCUT2D eigenvalue weighted by molar-refractivity contribution is -0.143. The summed E-state index contributed by atoms with van der Waals surface area (Å²) >= 11 is 0. The normalized spacial score (nSPS) is 12.9. The topological polar surface area (TPSA) is 95.9 Å². The lowest BCUT2D eigenvalue weighted by Gasteiger charge is -2.20. The van der Waals surface area contributed by atoms with Crippen molar-refractivity contribution in [1.29, 1.82) is 0 Å². The minimum atomic E-state index is -0.852. The van der Waals surface area contributed by atoms with Crippen molar-refractivity contribution in [3.8, 4) is 0 Å². The van der Waals surface area contributed by atoms with Crippen LogP contribution in [0.4, 0.5) is 0 Å². The molecule has 0 spiro atoms. The van der Waals surface area contributed by atoms with Crippen LogP contribution in [0.3, 0.4) is 0 Å². The van der Waals surface area contributed by atoms with Gasteiger partial charge < -0.3 is 20.3 Å². The summed E-state index contributed by atoms with van der Waals surface area (Å²) in [7, 11) is 0. The molecule has 0 aliphatic carbocycles. The Morgan fingerprint density at radius 3 is 1.05 bits per heavy atom. The predicted molar refractivity (Wildman–Crippen MR) is 329 cm³/mol. The first-order valence-electron chi connectivity index (χ1n) is 33.4. The summed E-state index contributed by atoms with van der Waals surface area (Å²) in [6.07, 6.45) is 83.0. The van der Waals surface area contributed by atoms with Crippen LogP contribution in [-0.4, -0.2) is 47.4 Å². The van der Waals surface area contributed by atoms with Crippen molar-refractivity contribution in [3.63, 3.8) is 0 Å². The van der Waals surface area contributed by atoms with Crippen LogP contribution >= 0.6 is 0 Å². The summed E-state index contributed by atoms with van der Waals surface area (Å²) in [4.78, 5) is 24.6. The van der Waals surface area contributed by atoms with E-state index in [0.717, 1.165) is 57.8 Å². The Hall–Kier alpha value is -2.18. The van der Waals surface area contributed by atoms with Gasteiger partial charge in [0.15, 0.2) is 0 Å². The highest BCUT2D eigenvalue weighted by atomic mass is 16.5. The number of allylic oxidation sites excluding steroid dienone is 7. The Kier molecular flexibility index (Phi) is 62.5. The molecule has 0 aromatic heterocycles. The fourth-order valence-electron chi connectivity index (χ4n) is 10.2. The average molecular weight is 1050 g/mol. The Labute approximate surface area is 467 Å². The van der Waals surface area contributed by atoms with Crippen molar-refractivity contribution in [1.82, 2.24) is 5.32 Å². The standard InChI is InChI=1S/C69H129NO5/c1-3-5-7-9-11-13-15-17-19-21-25-29-33-37-41-45-49-53-57-61-67(72)66(65-71)70-68(73)62-58-54-50-46-42-38-34-30-27-23-24-28-32-36-40-44-48-52-56-60-64-75-69(74)63-59-55-51-47-43-39-35-31-26-22-20-18-16-14-12-10-8-6-4-2/h12,14,18,20,23,27,57,61,66-67,71-72H,3-11,13,15-17,19,21-22,24-26,28-56,58-60,62-65H2,1-2H3,(H,70,73)/b14-12-,20-18-,27-23-,61-57+. The number of amides is 1. The monoisotopic (exact) mass is 1050 g/mol. The molecule has 0 radical (unpaired) electrons. The smallest absolute Gasteiger partial charge is 0.305 e. The maximum atomic E-state index is 12.5. The van der Waals surface area contributed by atoms with Gasteiger partial charge in [-0.2, -0.15) is 0 Å². The first-order chi connectivity index (χ1) is 37.0. The summed E-state index contributed by atoms with van der Waals surface area (Å²) in [6.45, 7) is 4.89. The van der Waals surface area contributed by atoms with Gasteiger partial charge in [0, 0.05) is 12.8 Å². The maximum absolute atomic E-state index is 12.5. The molecule has 440 valence electrons. The first kappa shape index (κ1) is 72.8. The Balaban J connectivity index is 3.45. The van der Waals surface area contributed by atoms with E-state index in [-0.39, 0.29) is 18.5 Å². The lowest BCUT2D eigenvalue weighted by Crippen LogP contribution is -2.45. The highest BCUT2D eigenvalue weighted by molar-refractivity contribution is 5.76. The van der Waals surface area contributed by atoms with Crippen LogP contribution in [0.2, 0.25) is 0 Å². The first-order valence-corrected chi connectivity index (χ1v) is 33.4. The lowest BCUT2D eigenvalue weighted by atomic mass is 10.0. The zero-order chi connectivity index (χ0) is 54.3. The number of hydrogen-bond acceptors (Lipinski definition) is 5. The third-order valence-electron chi connectivity index (χ3n) is 15.3. The van der Waals surface area contributed by atoms with Gasteiger partial charge in [-0.25, -0.2) is 0 Å². The van der Waals surface area contributed by atoms with E-state index in [4.69, 9.17) is 4.74 Å². The second-order valence-corrected chi connectivity index (χ2v) is 22.8. The number of carbonyl (C=O) groups is 2. The highest BCUT2D eigenvalue weighted by Gasteiger charge is 2.18. The molecule has 1 amide bonds. The van der Waals surface area contributed by atoms with Crippen LogP contribution in [0, 0.1) is 0 Å². The van der Waals surface area contributed by atoms with Crippen molar-refractivity contribution in [2.75, 3.05) is 13.2 Å². The van der Waals surface area contributed by atoms with E-state index in [1.165, 1.54) is 270 Å². The van der Waals surface area contributed by atoms with Gasteiger partial charge in [0.05, 0.1) is 25.4 Å². The van der Waals surface area contributed by atoms with E-state index < -0.39 is 12.1 Å². The van der Waals surface area contributed by atoms with Crippen molar-refractivity contribution in [3.05, 3.63) is 48.6 Å². The minimum absolute atomic E-state index is 0.00189. The molecule has 2 atom stereocenters. The summed E-state index contributed by atoms with van der Waals surface area (Å²) in [6, 6.07) is -0.636. The molecule has 0 saturated heterocycles. The van der Waals surface area contributed by atoms with Gasteiger partial charge >= 0.3 is 5.97 Å². The number of nitrogens with one attached hydrogen (secondary N) is 1. The number of aliphatic hydroxyl groups excluding tert-OH is 2. The van der Waals surface area contributed by atoms with Gasteiger partial charge in [-0.1, -0.05) is 300 Å². The van der Waals surface area contributed by atoms with Crippen LogP contribution in [0.15, 0.2) is 48.6 Å². The van der Waals surface area contributed by atoms with Gasteiger partial charge in [-0.05, 0) is 89.9 Å². The van der Waals surface area contributed by atoms with Crippen LogP contribution < -0.4 is 5.32 Å². The highest BCUT2D eigenvalue weighted by Crippen LogP contribution is 2.17. The van der Waals surface area contributed by atoms with Crippen molar-refractivity contribution in [2.45, 2.75) is 366 Å². The molecule has 0 rings (SSSR count). The number of hydrogen-bond donors (Lipinski definition) is 3. The van der Waals surface area contributed by atoms with E-state index in [2.05, 4.69) is 55.6 Å². The van der Waals surface area contributed by atoms with Gasteiger partial charge in [0.25, 0.3) is 0 Å². The molecular formula is C69H129NO5. The van der Waals surface area contributed by atoms with E-state index in [1.54, 1.807) is 6.08 Å². The zero-order valence-corrected chi connectivity index (χ0v) is 50.3. The zero-order valence-electron chi connectivity index (χ0n) is 50.3. The Morgan fingerprint density at radius 2 is 0.667 bits per heavy atom. The molecule has 0 fully saturated rings.